The van der Waals surface area contributed by atoms with Crippen molar-refractivity contribution in [2.45, 2.75) is 0 Å². The maximum absolute atomic E-state index is 12.4. The van der Waals surface area contributed by atoms with Crippen LogP contribution in [0.2, 0.25) is 0 Å². The number of non-ortho nitro benzene ring substituents is 1. The van der Waals surface area contributed by atoms with Crippen LogP contribution >= 0.6 is 0 Å². The standard InChI is InChI=1S/C20H24N4O5/c1-28-18-6-4-3-5-17(18)23-11-9-22(10-12-23)14-20(25)21-16-8-7-15(24(26)27)13-19(16)29-2/h3-8,13H,9-12,14H2,1-2H3,(H,21,25). The second-order valence-electron chi connectivity index (χ2n) is 6.62. The van der Waals surface area contributed by atoms with E-state index in [9.17, 15) is 14.9 Å². The molecule has 1 saturated heterocycles. The van der Waals surface area contributed by atoms with Crippen molar-refractivity contribution in [1.82, 2.24) is 4.90 Å². The van der Waals surface area contributed by atoms with Gasteiger partial charge in [0.1, 0.15) is 11.5 Å². The van der Waals surface area contributed by atoms with Crippen molar-refractivity contribution in [3.63, 3.8) is 0 Å². The molecule has 1 aliphatic rings. The number of amides is 1. The minimum absolute atomic E-state index is 0.0905. The fraction of sp³-hybridized carbons (Fsp3) is 0.350. The van der Waals surface area contributed by atoms with Crippen LogP contribution in [0, 0.1) is 10.1 Å². The van der Waals surface area contributed by atoms with E-state index in [0.29, 0.717) is 5.69 Å². The molecule has 9 heteroatoms. The lowest BCUT2D eigenvalue weighted by atomic mass is 10.2. The molecule has 9 nitrogen and oxygen atoms in total. The van der Waals surface area contributed by atoms with Crippen molar-refractivity contribution in [3.05, 3.63) is 52.6 Å². The number of para-hydroxylation sites is 2. The number of hydrogen-bond donors (Lipinski definition) is 1. The molecule has 154 valence electrons. The quantitative estimate of drug-likeness (QED) is 0.563. The SMILES string of the molecule is COc1cc([N+](=O)[O-])ccc1NC(=O)CN1CCN(c2ccccc2OC)CC1. The second-order valence-corrected chi connectivity index (χ2v) is 6.62. The molecule has 0 spiro atoms. The van der Waals surface area contributed by atoms with Crippen LogP contribution in [-0.2, 0) is 4.79 Å². The number of nitrogens with one attached hydrogen (secondary N) is 1. The van der Waals surface area contributed by atoms with E-state index in [-0.39, 0.29) is 23.9 Å². The predicted molar refractivity (Wildman–Crippen MR) is 110 cm³/mol. The number of anilines is 2. The summed E-state index contributed by atoms with van der Waals surface area (Å²) in [6.07, 6.45) is 0. The normalized spacial score (nSPS) is 14.3. The fourth-order valence-electron chi connectivity index (χ4n) is 3.33. The van der Waals surface area contributed by atoms with Crippen LogP contribution in [0.5, 0.6) is 11.5 Å². The second kappa shape index (κ2) is 9.24. The number of nitrogens with zero attached hydrogens (tertiary/aromatic N) is 3. The summed E-state index contributed by atoms with van der Waals surface area (Å²) < 4.78 is 10.6. The molecule has 1 heterocycles. The van der Waals surface area contributed by atoms with Gasteiger partial charge >= 0.3 is 0 Å². The molecule has 29 heavy (non-hydrogen) atoms. The van der Waals surface area contributed by atoms with Gasteiger partial charge in [-0.05, 0) is 18.2 Å². The highest BCUT2D eigenvalue weighted by atomic mass is 16.6. The molecule has 2 aromatic carbocycles. The Hall–Kier alpha value is -3.33. The molecule has 1 fully saturated rings. The van der Waals surface area contributed by atoms with Crippen LogP contribution in [0.3, 0.4) is 0 Å². The molecule has 3 rings (SSSR count). The van der Waals surface area contributed by atoms with Crippen molar-refractivity contribution in [3.8, 4) is 11.5 Å². The van der Waals surface area contributed by atoms with Crippen molar-refractivity contribution in [2.24, 2.45) is 0 Å². The zero-order valence-corrected chi connectivity index (χ0v) is 16.5. The highest BCUT2D eigenvalue weighted by molar-refractivity contribution is 5.94. The van der Waals surface area contributed by atoms with Gasteiger partial charge in [-0.15, -0.1) is 0 Å². The number of carbonyl (C=O) groups excluding carboxylic acids is 1. The van der Waals surface area contributed by atoms with Gasteiger partial charge in [-0.2, -0.15) is 0 Å². The van der Waals surface area contributed by atoms with Gasteiger partial charge in [0.15, 0.2) is 0 Å². The summed E-state index contributed by atoms with van der Waals surface area (Å²) in [5.41, 5.74) is 1.37. The topological polar surface area (TPSA) is 97.2 Å². The van der Waals surface area contributed by atoms with Gasteiger partial charge in [-0.25, -0.2) is 0 Å². The fourth-order valence-corrected chi connectivity index (χ4v) is 3.33. The van der Waals surface area contributed by atoms with Gasteiger partial charge in [0.05, 0.1) is 43.1 Å². The molecule has 0 saturated carbocycles. The Bertz CT molecular complexity index is 881. The molecule has 1 aliphatic heterocycles. The summed E-state index contributed by atoms with van der Waals surface area (Å²) in [6.45, 7) is 3.29. The summed E-state index contributed by atoms with van der Waals surface area (Å²) in [7, 11) is 3.07. The van der Waals surface area contributed by atoms with Crippen LogP contribution in [-0.4, -0.2) is 62.7 Å². The Labute approximate surface area is 169 Å². The summed E-state index contributed by atoms with van der Waals surface area (Å²) >= 11 is 0. The molecule has 0 radical (unpaired) electrons. The Morgan fingerprint density at radius 3 is 2.41 bits per heavy atom. The molecule has 0 aliphatic carbocycles. The maximum atomic E-state index is 12.4. The summed E-state index contributed by atoms with van der Waals surface area (Å²) in [5, 5.41) is 13.7. The first-order chi connectivity index (χ1) is 14.0. The Morgan fingerprint density at radius 1 is 1.07 bits per heavy atom. The van der Waals surface area contributed by atoms with Gasteiger partial charge in [0.2, 0.25) is 5.91 Å². The maximum Gasteiger partial charge on any atom is 0.273 e. The van der Waals surface area contributed by atoms with Gasteiger partial charge in [-0.3, -0.25) is 19.8 Å². The Kier molecular flexibility index (Phi) is 6.50. The first kappa shape index (κ1) is 20.4. The van der Waals surface area contributed by atoms with E-state index >= 15 is 0 Å². The first-order valence-corrected chi connectivity index (χ1v) is 9.24. The number of hydrogen-bond acceptors (Lipinski definition) is 7. The molecule has 0 unspecified atom stereocenters. The van der Waals surface area contributed by atoms with E-state index in [1.165, 1.54) is 25.3 Å². The monoisotopic (exact) mass is 400 g/mol. The Morgan fingerprint density at radius 2 is 1.76 bits per heavy atom. The lowest BCUT2D eigenvalue weighted by Crippen LogP contribution is -2.48. The summed E-state index contributed by atoms with van der Waals surface area (Å²) in [5.74, 6) is 0.903. The van der Waals surface area contributed by atoms with Crippen molar-refractivity contribution < 1.29 is 19.2 Å². The molecule has 0 atom stereocenters. The van der Waals surface area contributed by atoms with Gasteiger partial charge < -0.3 is 19.7 Å². The van der Waals surface area contributed by atoms with E-state index in [4.69, 9.17) is 9.47 Å². The lowest BCUT2D eigenvalue weighted by molar-refractivity contribution is -0.384. The summed E-state index contributed by atoms with van der Waals surface area (Å²) in [4.78, 5) is 27.1. The summed E-state index contributed by atoms with van der Waals surface area (Å²) in [6, 6.07) is 12.0. The smallest absolute Gasteiger partial charge is 0.273 e. The predicted octanol–water partition coefficient (Wildman–Crippen LogP) is 2.37. The third kappa shape index (κ3) is 4.94. The number of rotatable bonds is 7. The van der Waals surface area contributed by atoms with Gasteiger partial charge in [-0.1, -0.05) is 12.1 Å². The van der Waals surface area contributed by atoms with Gasteiger partial charge in [0, 0.05) is 32.2 Å². The molecule has 0 aromatic heterocycles. The molecular weight excluding hydrogens is 376 g/mol. The highest BCUT2D eigenvalue weighted by Gasteiger charge is 2.22. The van der Waals surface area contributed by atoms with Crippen LogP contribution < -0.4 is 19.7 Å². The first-order valence-electron chi connectivity index (χ1n) is 9.24. The highest BCUT2D eigenvalue weighted by Crippen LogP contribution is 2.30. The van der Waals surface area contributed by atoms with E-state index in [2.05, 4.69) is 15.1 Å². The molecule has 2 aromatic rings. The minimum atomic E-state index is -0.505. The molecule has 1 N–H and O–H groups in total. The number of benzene rings is 2. The van der Waals surface area contributed by atoms with Crippen LogP contribution in [0.25, 0.3) is 0 Å². The zero-order valence-electron chi connectivity index (χ0n) is 16.5. The minimum Gasteiger partial charge on any atom is -0.495 e. The number of ether oxygens (including phenoxy) is 2. The molecule has 1 amide bonds. The molecule has 0 bridgehead atoms. The number of methoxy groups -OCH3 is 2. The van der Waals surface area contributed by atoms with Crippen LogP contribution in [0.4, 0.5) is 17.1 Å². The van der Waals surface area contributed by atoms with Crippen LogP contribution in [0.1, 0.15) is 0 Å². The number of nitro groups is 1. The third-order valence-corrected chi connectivity index (χ3v) is 4.84. The number of carbonyl (C=O) groups is 1. The zero-order chi connectivity index (χ0) is 20.8. The average molecular weight is 400 g/mol. The van der Waals surface area contributed by atoms with Crippen molar-refractivity contribution >= 4 is 23.0 Å². The van der Waals surface area contributed by atoms with E-state index in [1.54, 1.807) is 7.11 Å². The van der Waals surface area contributed by atoms with E-state index in [1.807, 2.05) is 24.3 Å². The van der Waals surface area contributed by atoms with Crippen molar-refractivity contribution in [1.29, 1.82) is 0 Å². The number of nitro benzene ring substituents is 1. The largest absolute Gasteiger partial charge is 0.495 e. The lowest BCUT2D eigenvalue weighted by Gasteiger charge is -2.36. The average Bonchev–Trinajstić information content (AvgIpc) is 2.74. The Balaban J connectivity index is 1.56. The molecular formula is C20H24N4O5. The van der Waals surface area contributed by atoms with Crippen molar-refractivity contribution in [2.75, 3.05) is 57.2 Å². The van der Waals surface area contributed by atoms with Gasteiger partial charge in [0.25, 0.3) is 5.69 Å². The number of piperazine rings is 1. The van der Waals surface area contributed by atoms with E-state index in [0.717, 1.165) is 37.6 Å². The third-order valence-electron chi connectivity index (χ3n) is 4.84. The van der Waals surface area contributed by atoms with Crippen LogP contribution in [0.15, 0.2) is 42.5 Å². The van der Waals surface area contributed by atoms with E-state index < -0.39 is 4.92 Å².